The number of amides is 1. The van der Waals surface area contributed by atoms with Crippen LogP contribution >= 0.6 is 45.8 Å². The Morgan fingerprint density at radius 1 is 1.53 bits per heavy atom. The quantitative estimate of drug-likeness (QED) is 0.616. The molecule has 1 aromatic carbocycles. The van der Waals surface area contributed by atoms with Gasteiger partial charge in [0.15, 0.2) is 0 Å². The molecule has 0 saturated carbocycles. The molecule has 0 radical (unpaired) electrons. The molecule has 17 heavy (non-hydrogen) atoms. The predicted octanol–water partition coefficient (Wildman–Crippen LogP) is 2.96. The highest BCUT2D eigenvalue weighted by Gasteiger charge is 2.14. The maximum absolute atomic E-state index is 11.9. The summed E-state index contributed by atoms with van der Waals surface area (Å²) in [5.74, 6) is -0.217. The summed E-state index contributed by atoms with van der Waals surface area (Å²) in [5, 5.41) is 12.5. The number of aliphatic hydroxyl groups is 1. The van der Waals surface area contributed by atoms with Crippen LogP contribution in [0.15, 0.2) is 12.1 Å². The van der Waals surface area contributed by atoms with Crippen molar-refractivity contribution >= 4 is 51.7 Å². The van der Waals surface area contributed by atoms with Crippen molar-refractivity contribution in [3.05, 3.63) is 31.3 Å². The molecule has 2 N–H and O–H groups in total. The third-order valence-electron chi connectivity index (χ3n) is 2.16. The fourth-order valence-electron chi connectivity index (χ4n) is 1.15. The Balaban J connectivity index is 2.82. The lowest BCUT2D eigenvalue weighted by atomic mass is 10.1. The maximum atomic E-state index is 11.9. The van der Waals surface area contributed by atoms with Gasteiger partial charge >= 0.3 is 0 Å². The molecule has 0 aliphatic rings. The van der Waals surface area contributed by atoms with E-state index >= 15 is 0 Å². The molecule has 1 aromatic rings. The Labute approximate surface area is 124 Å². The van der Waals surface area contributed by atoms with E-state index in [-0.39, 0.29) is 18.4 Å². The lowest BCUT2D eigenvalue weighted by Crippen LogP contribution is -2.30. The molecule has 0 aromatic heterocycles. The molecule has 6 heteroatoms. The van der Waals surface area contributed by atoms with Gasteiger partial charge in [0, 0.05) is 21.7 Å². The van der Waals surface area contributed by atoms with Gasteiger partial charge in [-0.2, -0.15) is 0 Å². The Morgan fingerprint density at radius 2 is 2.18 bits per heavy atom. The molecule has 0 fully saturated rings. The number of carbonyl (C=O) groups excluding carboxylic acids is 1. The van der Waals surface area contributed by atoms with E-state index in [0.717, 1.165) is 0 Å². The number of aliphatic hydroxyl groups excluding tert-OH is 1. The van der Waals surface area contributed by atoms with Crippen molar-refractivity contribution in [1.82, 2.24) is 5.32 Å². The fraction of sp³-hybridized carbons (Fsp3) is 0.364. The zero-order chi connectivity index (χ0) is 13.0. The van der Waals surface area contributed by atoms with Gasteiger partial charge in [-0.05, 0) is 40.6 Å². The van der Waals surface area contributed by atoms with Gasteiger partial charge in [0.1, 0.15) is 0 Å². The van der Waals surface area contributed by atoms with Crippen LogP contribution in [0.25, 0.3) is 0 Å². The first-order valence-electron chi connectivity index (χ1n) is 4.99. The molecule has 0 heterocycles. The van der Waals surface area contributed by atoms with Crippen LogP contribution in [-0.2, 0) is 0 Å². The van der Waals surface area contributed by atoms with Crippen LogP contribution < -0.4 is 5.32 Å². The molecule has 1 rings (SSSR count). The summed E-state index contributed by atoms with van der Waals surface area (Å²) in [4.78, 5) is 11.9. The van der Waals surface area contributed by atoms with E-state index in [1.165, 1.54) is 0 Å². The molecular formula is C11H12Cl2INO2. The molecule has 0 spiro atoms. The van der Waals surface area contributed by atoms with Crippen LogP contribution in [0.1, 0.15) is 17.3 Å². The van der Waals surface area contributed by atoms with Crippen molar-refractivity contribution in [3.8, 4) is 0 Å². The van der Waals surface area contributed by atoms with Crippen molar-refractivity contribution in [2.24, 2.45) is 5.92 Å². The van der Waals surface area contributed by atoms with Crippen LogP contribution in [-0.4, -0.2) is 24.2 Å². The molecule has 3 nitrogen and oxygen atoms in total. The summed E-state index contributed by atoms with van der Waals surface area (Å²) in [6.07, 6.45) is 0. The van der Waals surface area contributed by atoms with E-state index < -0.39 is 0 Å². The van der Waals surface area contributed by atoms with Gasteiger partial charge in [-0.15, -0.1) is 0 Å². The molecule has 0 saturated heterocycles. The largest absolute Gasteiger partial charge is 0.396 e. The number of rotatable bonds is 4. The first-order valence-corrected chi connectivity index (χ1v) is 6.82. The molecular weight excluding hydrogens is 376 g/mol. The van der Waals surface area contributed by atoms with E-state index in [2.05, 4.69) is 5.32 Å². The second kappa shape index (κ2) is 6.78. The molecule has 0 aliphatic heterocycles. The third-order valence-corrected chi connectivity index (χ3v) is 4.16. The zero-order valence-corrected chi connectivity index (χ0v) is 12.8. The highest BCUT2D eigenvalue weighted by Crippen LogP contribution is 2.26. The lowest BCUT2D eigenvalue weighted by Gasteiger charge is -2.11. The standard InChI is InChI=1S/C11H12Cl2INO2/c1-6(5-16)4-15-11(17)8-2-7(12)3-9(13)10(8)14/h2-3,6,16H,4-5H2,1H3,(H,15,17). The summed E-state index contributed by atoms with van der Waals surface area (Å²) < 4.78 is 0.669. The first-order chi connectivity index (χ1) is 7.95. The van der Waals surface area contributed by atoms with Gasteiger partial charge in [-0.3, -0.25) is 4.79 Å². The normalized spacial score (nSPS) is 12.3. The van der Waals surface area contributed by atoms with Crippen molar-refractivity contribution < 1.29 is 9.90 Å². The minimum absolute atomic E-state index is 0.0197. The number of benzene rings is 1. The molecule has 0 aliphatic carbocycles. The number of halogens is 3. The zero-order valence-electron chi connectivity index (χ0n) is 9.14. The van der Waals surface area contributed by atoms with Gasteiger partial charge in [0.25, 0.3) is 5.91 Å². The van der Waals surface area contributed by atoms with Gasteiger partial charge in [0.05, 0.1) is 10.6 Å². The van der Waals surface area contributed by atoms with Crippen LogP contribution in [0.2, 0.25) is 10.0 Å². The molecule has 1 atom stereocenters. The number of nitrogens with one attached hydrogen (secondary N) is 1. The topological polar surface area (TPSA) is 49.3 Å². The smallest absolute Gasteiger partial charge is 0.252 e. The van der Waals surface area contributed by atoms with Crippen LogP contribution in [0, 0.1) is 9.49 Å². The minimum atomic E-state index is -0.237. The van der Waals surface area contributed by atoms with Gasteiger partial charge in [0.2, 0.25) is 0 Å². The van der Waals surface area contributed by atoms with Crippen LogP contribution in [0.3, 0.4) is 0 Å². The second-order valence-corrected chi connectivity index (χ2v) is 5.67. The SMILES string of the molecule is CC(CO)CNC(=O)c1cc(Cl)cc(Cl)c1I. The lowest BCUT2D eigenvalue weighted by molar-refractivity contribution is 0.0941. The molecule has 1 amide bonds. The first kappa shape index (κ1) is 15.0. The average Bonchev–Trinajstić information content (AvgIpc) is 2.30. The van der Waals surface area contributed by atoms with E-state index in [1.54, 1.807) is 12.1 Å². The number of hydrogen-bond acceptors (Lipinski definition) is 2. The summed E-state index contributed by atoms with van der Waals surface area (Å²) in [6, 6.07) is 3.17. The Hall–Kier alpha value is -0.0400. The Morgan fingerprint density at radius 3 is 2.76 bits per heavy atom. The number of hydrogen-bond donors (Lipinski definition) is 2. The van der Waals surface area contributed by atoms with Gasteiger partial charge in [-0.25, -0.2) is 0 Å². The predicted molar refractivity (Wildman–Crippen MR) is 77.8 cm³/mol. The average molecular weight is 388 g/mol. The Kier molecular flexibility index (Phi) is 5.99. The van der Waals surface area contributed by atoms with Crippen molar-refractivity contribution in [2.75, 3.05) is 13.2 Å². The second-order valence-electron chi connectivity index (χ2n) is 3.75. The highest BCUT2D eigenvalue weighted by atomic mass is 127. The third kappa shape index (κ3) is 4.28. The van der Waals surface area contributed by atoms with Crippen LogP contribution in [0.5, 0.6) is 0 Å². The fourth-order valence-corrected chi connectivity index (χ4v) is 2.20. The summed E-state index contributed by atoms with van der Waals surface area (Å²) in [5.41, 5.74) is 0.452. The molecule has 1 unspecified atom stereocenters. The van der Waals surface area contributed by atoms with E-state index in [9.17, 15) is 4.79 Å². The van der Waals surface area contributed by atoms with Crippen molar-refractivity contribution in [3.63, 3.8) is 0 Å². The van der Waals surface area contributed by atoms with Gasteiger partial charge < -0.3 is 10.4 Å². The van der Waals surface area contributed by atoms with Crippen LogP contribution in [0.4, 0.5) is 0 Å². The van der Waals surface area contributed by atoms with Crippen molar-refractivity contribution in [2.45, 2.75) is 6.92 Å². The van der Waals surface area contributed by atoms with E-state index in [1.807, 2.05) is 29.5 Å². The maximum Gasteiger partial charge on any atom is 0.252 e. The van der Waals surface area contributed by atoms with E-state index in [4.69, 9.17) is 28.3 Å². The molecule has 0 bridgehead atoms. The minimum Gasteiger partial charge on any atom is -0.396 e. The van der Waals surface area contributed by atoms with Gasteiger partial charge in [-0.1, -0.05) is 30.1 Å². The summed E-state index contributed by atoms with van der Waals surface area (Å²) >= 11 is 13.8. The Bertz CT molecular complexity index is 426. The summed E-state index contributed by atoms with van der Waals surface area (Å²) in [6.45, 7) is 2.29. The highest BCUT2D eigenvalue weighted by molar-refractivity contribution is 14.1. The number of carbonyl (C=O) groups is 1. The summed E-state index contributed by atoms with van der Waals surface area (Å²) in [7, 11) is 0. The van der Waals surface area contributed by atoms with E-state index in [0.29, 0.717) is 25.7 Å². The molecule has 94 valence electrons. The monoisotopic (exact) mass is 387 g/mol. The van der Waals surface area contributed by atoms with Crippen molar-refractivity contribution in [1.29, 1.82) is 0 Å².